The highest BCUT2D eigenvalue weighted by atomic mass is 35.5. The van der Waals surface area contributed by atoms with Crippen LogP contribution in [0.3, 0.4) is 0 Å². The van der Waals surface area contributed by atoms with E-state index in [9.17, 15) is 4.79 Å². The van der Waals surface area contributed by atoms with Crippen LogP contribution in [0.1, 0.15) is 17.3 Å². The molecule has 2 rings (SSSR count). The molecule has 0 saturated carbocycles. The summed E-state index contributed by atoms with van der Waals surface area (Å²) in [5.41, 5.74) is 0.614. The minimum absolute atomic E-state index is 0.0864. The Kier molecular flexibility index (Phi) is 4.46. The van der Waals surface area contributed by atoms with Gasteiger partial charge in [0.1, 0.15) is 5.75 Å². The van der Waals surface area contributed by atoms with E-state index in [1.165, 1.54) is 0 Å². The van der Waals surface area contributed by atoms with Crippen molar-refractivity contribution in [2.75, 3.05) is 0 Å². The average Bonchev–Trinajstić information content (AvgIpc) is 2.37. The molecular weight excluding hydrogens is 283 g/mol. The molecule has 0 amide bonds. The Bertz CT molecular complexity index is 562. The zero-order valence-electron chi connectivity index (χ0n) is 10.3. The molecule has 4 heteroatoms. The Morgan fingerprint density at radius 2 is 1.63 bits per heavy atom. The molecule has 1 atom stereocenters. The number of hydrogen-bond acceptors (Lipinski definition) is 2. The fourth-order valence-electron chi connectivity index (χ4n) is 1.69. The lowest BCUT2D eigenvalue weighted by Gasteiger charge is -2.14. The zero-order valence-corrected chi connectivity index (χ0v) is 11.8. The topological polar surface area (TPSA) is 26.3 Å². The molecule has 0 fully saturated rings. The zero-order chi connectivity index (χ0) is 13.8. The summed E-state index contributed by atoms with van der Waals surface area (Å²) in [4.78, 5) is 12.1. The molecule has 0 bridgehead atoms. The van der Waals surface area contributed by atoms with Crippen LogP contribution in [0.15, 0.2) is 48.5 Å². The second kappa shape index (κ2) is 6.09. The predicted molar refractivity (Wildman–Crippen MR) is 77.3 cm³/mol. The Morgan fingerprint density at radius 3 is 2.21 bits per heavy atom. The molecule has 0 radical (unpaired) electrons. The number of ketones is 1. The second-order valence-corrected chi connectivity index (χ2v) is 4.97. The SMILES string of the molecule is C[C@@H](Oc1cc(Cl)cc(Cl)c1)C(=O)c1ccccc1. The van der Waals surface area contributed by atoms with Gasteiger partial charge in [-0.15, -0.1) is 0 Å². The van der Waals surface area contributed by atoms with Crippen molar-refractivity contribution in [3.8, 4) is 5.75 Å². The molecule has 2 aromatic carbocycles. The first-order valence-corrected chi connectivity index (χ1v) is 6.54. The van der Waals surface area contributed by atoms with E-state index in [-0.39, 0.29) is 5.78 Å². The molecule has 98 valence electrons. The van der Waals surface area contributed by atoms with Crippen LogP contribution in [0.2, 0.25) is 10.0 Å². The third-order valence-corrected chi connectivity index (χ3v) is 3.01. The number of carbonyl (C=O) groups is 1. The number of Topliss-reactive ketones (excluding diaryl/α,β-unsaturated/α-hetero) is 1. The van der Waals surface area contributed by atoms with E-state index >= 15 is 0 Å². The number of carbonyl (C=O) groups excluding carboxylic acids is 1. The highest BCUT2D eigenvalue weighted by Gasteiger charge is 2.16. The minimum Gasteiger partial charge on any atom is -0.482 e. The van der Waals surface area contributed by atoms with Crippen LogP contribution in [0, 0.1) is 0 Å². The first-order chi connectivity index (χ1) is 9.06. The van der Waals surface area contributed by atoms with Crippen LogP contribution in [0.4, 0.5) is 0 Å². The molecule has 0 saturated heterocycles. The summed E-state index contributed by atoms with van der Waals surface area (Å²) < 4.78 is 5.57. The molecule has 0 spiro atoms. The highest BCUT2D eigenvalue weighted by molar-refractivity contribution is 6.34. The largest absolute Gasteiger partial charge is 0.482 e. The van der Waals surface area contributed by atoms with Crippen molar-refractivity contribution in [1.29, 1.82) is 0 Å². The molecule has 0 N–H and O–H groups in total. The fraction of sp³-hybridized carbons (Fsp3) is 0.133. The number of benzene rings is 2. The Labute approximate surface area is 121 Å². The van der Waals surface area contributed by atoms with E-state index in [4.69, 9.17) is 27.9 Å². The van der Waals surface area contributed by atoms with Crippen LogP contribution in [-0.4, -0.2) is 11.9 Å². The van der Waals surface area contributed by atoms with E-state index in [0.717, 1.165) is 0 Å². The normalized spacial score (nSPS) is 11.9. The summed E-state index contributed by atoms with van der Waals surface area (Å²) >= 11 is 11.8. The molecule has 0 aliphatic rings. The van der Waals surface area contributed by atoms with Gasteiger partial charge < -0.3 is 4.74 Å². The number of hydrogen-bond donors (Lipinski definition) is 0. The van der Waals surface area contributed by atoms with Crippen molar-refractivity contribution in [2.24, 2.45) is 0 Å². The summed E-state index contributed by atoms with van der Waals surface area (Å²) in [6.07, 6.45) is -0.600. The van der Waals surface area contributed by atoms with Gasteiger partial charge >= 0.3 is 0 Å². The van der Waals surface area contributed by atoms with Crippen molar-refractivity contribution in [2.45, 2.75) is 13.0 Å². The second-order valence-electron chi connectivity index (χ2n) is 4.10. The summed E-state index contributed by atoms with van der Waals surface area (Å²) in [7, 11) is 0. The first-order valence-electron chi connectivity index (χ1n) is 5.78. The van der Waals surface area contributed by atoms with E-state index in [2.05, 4.69) is 0 Å². The van der Waals surface area contributed by atoms with Gasteiger partial charge in [-0.25, -0.2) is 0 Å². The molecule has 0 unspecified atom stereocenters. The van der Waals surface area contributed by atoms with Gasteiger partial charge in [-0.3, -0.25) is 4.79 Å². The number of rotatable bonds is 4. The lowest BCUT2D eigenvalue weighted by Crippen LogP contribution is -2.23. The molecule has 2 nitrogen and oxygen atoms in total. The van der Waals surface area contributed by atoms with Crippen LogP contribution in [-0.2, 0) is 0 Å². The van der Waals surface area contributed by atoms with Crippen LogP contribution in [0.5, 0.6) is 5.75 Å². The third-order valence-electron chi connectivity index (χ3n) is 2.58. The Balaban J connectivity index is 2.13. The van der Waals surface area contributed by atoms with Gasteiger partial charge in [0.05, 0.1) is 0 Å². The summed E-state index contributed by atoms with van der Waals surface area (Å²) in [5.74, 6) is 0.394. The highest BCUT2D eigenvalue weighted by Crippen LogP contribution is 2.25. The predicted octanol–water partition coefficient (Wildman–Crippen LogP) is 4.64. The van der Waals surface area contributed by atoms with Gasteiger partial charge in [-0.2, -0.15) is 0 Å². The van der Waals surface area contributed by atoms with E-state index in [1.54, 1.807) is 37.3 Å². The van der Waals surface area contributed by atoms with Crippen molar-refractivity contribution in [3.63, 3.8) is 0 Å². The average molecular weight is 295 g/mol. The number of halogens is 2. The monoisotopic (exact) mass is 294 g/mol. The third kappa shape index (κ3) is 3.72. The van der Waals surface area contributed by atoms with Crippen molar-refractivity contribution < 1.29 is 9.53 Å². The van der Waals surface area contributed by atoms with Gasteiger partial charge in [0, 0.05) is 15.6 Å². The molecule has 0 aliphatic carbocycles. The maximum atomic E-state index is 12.1. The molecule has 19 heavy (non-hydrogen) atoms. The summed E-state index contributed by atoms with van der Waals surface area (Å²) in [6, 6.07) is 13.9. The van der Waals surface area contributed by atoms with Gasteiger partial charge in [0.25, 0.3) is 0 Å². The quantitative estimate of drug-likeness (QED) is 0.768. The Morgan fingerprint density at radius 1 is 1.05 bits per heavy atom. The van der Waals surface area contributed by atoms with Crippen molar-refractivity contribution in [1.82, 2.24) is 0 Å². The summed E-state index contributed by atoms with van der Waals surface area (Å²) in [5, 5.41) is 0.948. The maximum absolute atomic E-state index is 12.1. The smallest absolute Gasteiger partial charge is 0.202 e. The minimum atomic E-state index is -0.600. The van der Waals surface area contributed by atoms with Crippen LogP contribution in [0.25, 0.3) is 0 Å². The first kappa shape index (κ1) is 13.9. The summed E-state index contributed by atoms with van der Waals surface area (Å²) in [6.45, 7) is 1.70. The lowest BCUT2D eigenvalue weighted by atomic mass is 10.1. The number of ether oxygens (including phenoxy) is 1. The van der Waals surface area contributed by atoms with Crippen molar-refractivity contribution >= 4 is 29.0 Å². The van der Waals surface area contributed by atoms with Gasteiger partial charge in [0.2, 0.25) is 5.78 Å². The molecule has 0 aliphatic heterocycles. The van der Waals surface area contributed by atoms with E-state index < -0.39 is 6.10 Å². The fourth-order valence-corrected chi connectivity index (χ4v) is 2.20. The molecule has 0 heterocycles. The van der Waals surface area contributed by atoms with E-state index in [1.807, 2.05) is 18.2 Å². The molecule has 0 aromatic heterocycles. The van der Waals surface area contributed by atoms with Crippen LogP contribution < -0.4 is 4.74 Å². The van der Waals surface area contributed by atoms with Gasteiger partial charge in [-0.05, 0) is 25.1 Å². The lowest BCUT2D eigenvalue weighted by molar-refractivity contribution is 0.0818. The van der Waals surface area contributed by atoms with Gasteiger partial charge in [0.15, 0.2) is 6.10 Å². The standard InChI is InChI=1S/C15H12Cl2O2/c1-10(15(18)11-5-3-2-4-6-11)19-14-8-12(16)7-13(17)9-14/h2-10H,1H3/t10-/m1/s1. The van der Waals surface area contributed by atoms with Crippen molar-refractivity contribution in [3.05, 3.63) is 64.1 Å². The Hall–Kier alpha value is -1.51. The van der Waals surface area contributed by atoms with E-state index in [0.29, 0.717) is 21.4 Å². The molecular formula is C15H12Cl2O2. The molecule has 2 aromatic rings. The van der Waals surface area contributed by atoms with Gasteiger partial charge in [-0.1, -0.05) is 53.5 Å². The maximum Gasteiger partial charge on any atom is 0.202 e. The van der Waals surface area contributed by atoms with Crippen LogP contribution >= 0.6 is 23.2 Å².